The topological polar surface area (TPSA) is 97.2 Å². The van der Waals surface area contributed by atoms with Gasteiger partial charge in [0.05, 0.1) is 16.5 Å². The van der Waals surface area contributed by atoms with Gasteiger partial charge in [0, 0.05) is 25.0 Å². The maximum atomic E-state index is 13.2. The van der Waals surface area contributed by atoms with Crippen LogP contribution in [0.1, 0.15) is 71.3 Å². The van der Waals surface area contributed by atoms with Crippen LogP contribution >= 0.6 is 0 Å². The molecule has 1 aromatic heterocycles. The third-order valence-electron chi connectivity index (χ3n) is 6.86. The summed E-state index contributed by atoms with van der Waals surface area (Å²) in [6.07, 6.45) is 7.76. The number of sulfonamides is 1. The first-order valence-electron chi connectivity index (χ1n) is 11.6. The lowest BCUT2D eigenvalue weighted by molar-refractivity contribution is -0.127. The van der Waals surface area contributed by atoms with E-state index in [1.54, 1.807) is 18.2 Å². The van der Waals surface area contributed by atoms with Crippen molar-refractivity contribution < 1.29 is 13.2 Å². The van der Waals surface area contributed by atoms with Crippen LogP contribution in [-0.4, -0.2) is 52.8 Å². The lowest BCUT2D eigenvalue weighted by atomic mass is 9.93. The minimum Gasteiger partial charge on any atom is -0.353 e. The normalized spacial score (nSPS) is 20.7. The van der Waals surface area contributed by atoms with E-state index in [2.05, 4.69) is 29.5 Å². The highest BCUT2D eigenvalue weighted by atomic mass is 32.2. The van der Waals surface area contributed by atoms with E-state index in [1.807, 2.05) is 4.68 Å². The number of piperidine rings is 1. The number of aromatic nitrogens is 3. The smallest absolute Gasteiger partial charge is 0.243 e. The largest absolute Gasteiger partial charge is 0.353 e. The summed E-state index contributed by atoms with van der Waals surface area (Å²) in [5.74, 6) is -0.0155. The number of rotatable bonds is 6. The number of hydrogen-bond acceptors (Lipinski definition) is 5. The SMILES string of the molecule is CCC(C)n1nnc2cc(S(=O)(=O)N3CCC(C(=O)NC4CCCCC4)CC3)ccc21. The van der Waals surface area contributed by atoms with Gasteiger partial charge in [-0.1, -0.05) is 31.4 Å². The minimum absolute atomic E-state index is 0.0898. The zero-order chi connectivity index (χ0) is 22.0. The van der Waals surface area contributed by atoms with E-state index in [1.165, 1.54) is 23.6 Å². The molecule has 1 atom stereocenters. The average molecular weight is 448 g/mol. The summed E-state index contributed by atoms with van der Waals surface area (Å²) in [5.41, 5.74) is 1.43. The van der Waals surface area contributed by atoms with Gasteiger partial charge in [-0.15, -0.1) is 5.10 Å². The van der Waals surface area contributed by atoms with E-state index in [0.29, 0.717) is 37.5 Å². The van der Waals surface area contributed by atoms with Crippen molar-refractivity contribution in [3.63, 3.8) is 0 Å². The molecule has 8 nitrogen and oxygen atoms in total. The fraction of sp³-hybridized carbons (Fsp3) is 0.682. The Labute approximate surface area is 184 Å². The predicted molar refractivity (Wildman–Crippen MR) is 119 cm³/mol. The van der Waals surface area contributed by atoms with Crippen molar-refractivity contribution in [1.82, 2.24) is 24.6 Å². The second kappa shape index (κ2) is 9.24. The first-order chi connectivity index (χ1) is 14.9. The molecule has 2 fully saturated rings. The van der Waals surface area contributed by atoms with Crippen LogP contribution in [0.15, 0.2) is 23.1 Å². The fourth-order valence-corrected chi connectivity index (χ4v) is 6.14. The van der Waals surface area contributed by atoms with Crippen molar-refractivity contribution in [3.8, 4) is 0 Å². The van der Waals surface area contributed by atoms with Crippen molar-refractivity contribution in [2.75, 3.05) is 13.1 Å². The summed E-state index contributed by atoms with van der Waals surface area (Å²) in [6.45, 7) is 4.87. The summed E-state index contributed by atoms with van der Waals surface area (Å²) < 4.78 is 29.7. The van der Waals surface area contributed by atoms with Gasteiger partial charge in [0.25, 0.3) is 0 Å². The number of carbonyl (C=O) groups is 1. The molecule has 1 aliphatic heterocycles. The molecule has 0 spiro atoms. The minimum atomic E-state index is -3.62. The molecule has 31 heavy (non-hydrogen) atoms. The van der Waals surface area contributed by atoms with Gasteiger partial charge in [0.15, 0.2) is 0 Å². The van der Waals surface area contributed by atoms with Crippen molar-refractivity contribution in [2.24, 2.45) is 5.92 Å². The van der Waals surface area contributed by atoms with Gasteiger partial charge in [-0.25, -0.2) is 13.1 Å². The Morgan fingerprint density at radius 1 is 1.16 bits per heavy atom. The monoisotopic (exact) mass is 447 g/mol. The fourth-order valence-electron chi connectivity index (χ4n) is 4.65. The Bertz CT molecular complexity index is 1020. The lowest BCUT2D eigenvalue weighted by Gasteiger charge is -2.32. The highest BCUT2D eigenvalue weighted by molar-refractivity contribution is 7.89. The maximum absolute atomic E-state index is 13.2. The zero-order valence-corrected chi connectivity index (χ0v) is 19.3. The molecule has 1 unspecified atom stereocenters. The molecule has 1 saturated carbocycles. The van der Waals surface area contributed by atoms with Gasteiger partial charge in [-0.3, -0.25) is 4.79 Å². The molecule has 170 valence electrons. The molecule has 1 N–H and O–H groups in total. The van der Waals surface area contributed by atoms with E-state index in [-0.39, 0.29) is 22.8 Å². The molecular formula is C22H33N5O3S. The molecular weight excluding hydrogens is 414 g/mol. The van der Waals surface area contributed by atoms with Gasteiger partial charge >= 0.3 is 0 Å². The Kier molecular flexibility index (Phi) is 6.62. The van der Waals surface area contributed by atoms with Crippen LogP contribution in [0, 0.1) is 5.92 Å². The Balaban J connectivity index is 1.41. The van der Waals surface area contributed by atoms with Crippen molar-refractivity contribution in [2.45, 2.75) is 82.2 Å². The van der Waals surface area contributed by atoms with Crippen LogP contribution in [0.2, 0.25) is 0 Å². The molecule has 9 heteroatoms. The Hall–Kier alpha value is -2.00. The molecule has 2 aromatic rings. The second-order valence-electron chi connectivity index (χ2n) is 8.96. The Morgan fingerprint density at radius 2 is 1.87 bits per heavy atom. The number of nitrogens with one attached hydrogen (secondary N) is 1. The second-order valence-corrected chi connectivity index (χ2v) is 10.9. The number of nitrogens with zero attached hydrogens (tertiary/aromatic N) is 4. The summed E-state index contributed by atoms with van der Waals surface area (Å²) in [7, 11) is -3.62. The van der Waals surface area contributed by atoms with Crippen molar-refractivity contribution in [1.29, 1.82) is 0 Å². The number of carbonyl (C=O) groups excluding carboxylic acids is 1. The van der Waals surface area contributed by atoms with Crippen LogP contribution in [0.3, 0.4) is 0 Å². The molecule has 2 heterocycles. The standard InChI is InChI=1S/C22H33N5O3S/c1-3-16(2)27-21-10-9-19(15-20(21)24-25-27)31(29,30)26-13-11-17(12-14-26)22(28)23-18-7-5-4-6-8-18/h9-10,15-18H,3-8,11-14H2,1-2H3,(H,23,28). The Morgan fingerprint density at radius 3 is 2.55 bits per heavy atom. The number of amides is 1. The molecule has 0 radical (unpaired) electrons. The van der Waals surface area contributed by atoms with Crippen LogP contribution in [0.5, 0.6) is 0 Å². The average Bonchev–Trinajstić information content (AvgIpc) is 3.22. The van der Waals surface area contributed by atoms with Gasteiger partial charge in [-0.05, 0) is 57.2 Å². The third kappa shape index (κ3) is 4.62. The zero-order valence-electron chi connectivity index (χ0n) is 18.5. The number of benzene rings is 1. The first kappa shape index (κ1) is 22.2. The van der Waals surface area contributed by atoms with Gasteiger partial charge < -0.3 is 5.32 Å². The summed E-state index contributed by atoms with van der Waals surface area (Å²) in [6, 6.07) is 5.53. The molecule has 2 aliphatic rings. The van der Waals surface area contributed by atoms with E-state index >= 15 is 0 Å². The van der Waals surface area contributed by atoms with E-state index < -0.39 is 10.0 Å². The third-order valence-corrected chi connectivity index (χ3v) is 8.76. The molecule has 1 amide bonds. The molecule has 0 bridgehead atoms. The number of hydrogen-bond donors (Lipinski definition) is 1. The van der Waals surface area contributed by atoms with Crippen LogP contribution in [-0.2, 0) is 14.8 Å². The van der Waals surface area contributed by atoms with Crippen LogP contribution in [0.4, 0.5) is 0 Å². The quantitative estimate of drug-likeness (QED) is 0.733. The van der Waals surface area contributed by atoms with Crippen LogP contribution in [0.25, 0.3) is 11.0 Å². The summed E-state index contributed by atoms with van der Waals surface area (Å²) >= 11 is 0. The molecule has 1 saturated heterocycles. The molecule has 1 aromatic carbocycles. The van der Waals surface area contributed by atoms with Gasteiger partial charge in [0.1, 0.15) is 5.52 Å². The highest BCUT2D eigenvalue weighted by Gasteiger charge is 2.33. The summed E-state index contributed by atoms with van der Waals surface area (Å²) in [5, 5.41) is 11.6. The van der Waals surface area contributed by atoms with Gasteiger partial charge in [-0.2, -0.15) is 4.31 Å². The summed E-state index contributed by atoms with van der Waals surface area (Å²) in [4.78, 5) is 12.9. The maximum Gasteiger partial charge on any atom is 0.243 e. The van der Waals surface area contributed by atoms with Crippen molar-refractivity contribution >= 4 is 27.0 Å². The van der Waals surface area contributed by atoms with E-state index in [9.17, 15) is 13.2 Å². The molecule has 4 rings (SSSR count). The van der Waals surface area contributed by atoms with Gasteiger partial charge in [0.2, 0.25) is 15.9 Å². The molecule has 1 aliphatic carbocycles. The first-order valence-corrected chi connectivity index (χ1v) is 13.0. The van der Waals surface area contributed by atoms with E-state index in [0.717, 1.165) is 24.8 Å². The highest BCUT2D eigenvalue weighted by Crippen LogP contribution is 2.27. The van der Waals surface area contributed by atoms with E-state index in [4.69, 9.17) is 0 Å². The number of fused-ring (bicyclic) bond motifs is 1. The van der Waals surface area contributed by atoms with Crippen molar-refractivity contribution in [3.05, 3.63) is 18.2 Å². The predicted octanol–water partition coefficient (Wildman–Crippen LogP) is 3.25. The lowest BCUT2D eigenvalue weighted by Crippen LogP contribution is -2.45. The van der Waals surface area contributed by atoms with Crippen LogP contribution < -0.4 is 5.32 Å².